The van der Waals surface area contributed by atoms with Crippen molar-refractivity contribution in [3.63, 3.8) is 0 Å². The first kappa shape index (κ1) is 14.9. The van der Waals surface area contributed by atoms with Crippen molar-refractivity contribution in [3.8, 4) is 11.4 Å². The van der Waals surface area contributed by atoms with Gasteiger partial charge in [-0.05, 0) is 12.1 Å². The molecule has 4 N–H and O–H groups in total. The molecule has 0 spiro atoms. The number of aromatic nitrogens is 5. The fraction of sp³-hybridized carbons (Fsp3) is 0.333. The van der Waals surface area contributed by atoms with Crippen molar-refractivity contribution < 1.29 is 14.9 Å². The largest absolute Gasteiger partial charge is 0.394 e. The van der Waals surface area contributed by atoms with Gasteiger partial charge in [-0.15, -0.1) is 0 Å². The normalized spacial score (nSPS) is 23.8. The lowest BCUT2D eigenvalue weighted by Gasteiger charge is -2.14. The number of aliphatic hydroxyl groups excluding tert-OH is 2. The molecule has 124 valence electrons. The lowest BCUT2D eigenvalue weighted by molar-refractivity contribution is -0.0432. The van der Waals surface area contributed by atoms with E-state index in [2.05, 4.69) is 19.9 Å². The van der Waals surface area contributed by atoms with Gasteiger partial charge in [0.2, 0.25) is 0 Å². The number of fused-ring (bicyclic) bond motifs is 1. The second-order valence-electron chi connectivity index (χ2n) is 5.61. The number of aliphatic hydroxyl groups is 2. The molecule has 9 heteroatoms. The van der Waals surface area contributed by atoms with E-state index in [-0.39, 0.29) is 12.4 Å². The first-order valence-corrected chi connectivity index (χ1v) is 7.52. The van der Waals surface area contributed by atoms with E-state index in [9.17, 15) is 10.2 Å². The molecule has 0 radical (unpaired) electrons. The number of anilines is 1. The molecule has 4 heterocycles. The average Bonchev–Trinajstić information content (AvgIpc) is 3.19. The van der Waals surface area contributed by atoms with Crippen LogP contribution in [-0.4, -0.2) is 53.5 Å². The average molecular weight is 328 g/mol. The first-order valence-electron chi connectivity index (χ1n) is 7.52. The fourth-order valence-electron chi connectivity index (χ4n) is 2.82. The van der Waals surface area contributed by atoms with Crippen LogP contribution in [0.1, 0.15) is 12.6 Å². The van der Waals surface area contributed by atoms with Gasteiger partial charge in [0.05, 0.1) is 19.0 Å². The zero-order valence-corrected chi connectivity index (χ0v) is 12.6. The van der Waals surface area contributed by atoms with Gasteiger partial charge in [0.15, 0.2) is 17.3 Å². The van der Waals surface area contributed by atoms with Gasteiger partial charge >= 0.3 is 0 Å². The van der Waals surface area contributed by atoms with Crippen LogP contribution in [0.2, 0.25) is 0 Å². The Morgan fingerprint density at radius 2 is 2.25 bits per heavy atom. The molecule has 4 rings (SSSR count). The SMILES string of the molecule is Nc1nc(-c2cccnc2)nc2c1ncn2[C@H]1C[C@H](O)[C@@H](CO)O1. The number of rotatable bonds is 3. The zero-order valence-electron chi connectivity index (χ0n) is 12.6. The predicted octanol–water partition coefficient (Wildman–Crippen LogP) is 0.111. The number of imidazole rings is 1. The summed E-state index contributed by atoms with van der Waals surface area (Å²) in [6.07, 6.45) is 3.37. The molecule has 0 aliphatic carbocycles. The third-order valence-corrected chi connectivity index (χ3v) is 4.06. The van der Waals surface area contributed by atoms with Crippen LogP contribution in [0.25, 0.3) is 22.6 Å². The standard InChI is InChI=1S/C15H16N6O3/c16-13-12-15(20-14(19-13)8-2-1-3-17-5-8)21(7-18-12)11-4-9(23)10(6-22)24-11/h1-3,5,7,9-11,22-23H,4,6H2,(H2,16,19,20)/t9-,10+,11+/m0/s1. The molecular weight excluding hydrogens is 312 g/mol. The Kier molecular flexibility index (Phi) is 3.60. The molecule has 3 aromatic heterocycles. The lowest BCUT2D eigenvalue weighted by atomic mass is 10.2. The number of pyridine rings is 1. The summed E-state index contributed by atoms with van der Waals surface area (Å²) >= 11 is 0. The Hall–Kier alpha value is -2.62. The molecule has 0 amide bonds. The minimum atomic E-state index is -0.741. The molecule has 0 aromatic carbocycles. The maximum Gasteiger partial charge on any atom is 0.168 e. The van der Waals surface area contributed by atoms with Gasteiger partial charge in [-0.3, -0.25) is 9.55 Å². The van der Waals surface area contributed by atoms with Gasteiger partial charge in [0, 0.05) is 24.4 Å². The number of nitrogen functional groups attached to an aromatic ring is 1. The van der Waals surface area contributed by atoms with Gasteiger partial charge in [-0.1, -0.05) is 0 Å². The second kappa shape index (κ2) is 5.78. The van der Waals surface area contributed by atoms with E-state index >= 15 is 0 Å². The summed E-state index contributed by atoms with van der Waals surface area (Å²) in [7, 11) is 0. The van der Waals surface area contributed by atoms with Gasteiger partial charge in [-0.2, -0.15) is 0 Å². The molecule has 1 aliphatic rings. The van der Waals surface area contributed by atoms with Crippen molar-refractivity contribution in [1.29, 1.82) is 0 Å². The van der Waals surface area contributed by atoms with Crippen LogP contribution in [0.5, 0.6) is 0 Å². The molecule has 3 aromatic rings. The highest BCUT2D eigenvalue weighted by Crippen LogP contribution is 2.32. The predicted molar refractivity (Wildman–Crippen MR) is 84.6 cm³/mol. The summed E-state index contributed by atoms with van der Waals surface area (Å²) in [5, 5.41) is 19.2. The quantitative estimate of drug-likeness (QED) is 0.617. The minimum Gasteiger partial charge on any atom is -0.394 e. The number of nitrogens with two attached hydrogens (primary N) is 1. The van der Waals surface area contributed by atoms with E-state index in [0.29, 0.717) is 23.4 Å². The van der Waals surface area contributed by atoms with Crippen molar-refractivity contribution in [3.05, 3.63) is 30.9 Å². The van der Waals surface area contributed by atoms with Crippen LogP contribution in [0, 0.1) is 0 Å². The maximum absolute atomic E-state index is 9.93. The third kappa shape index (κ3) is 2.39. The highest BCUT2D eigenvalue weighted by molar-refractivity contribution is 5.83. The van der Waals surface area contributed by atoms with Crippen molar-refractivity contribution in [2.75, 3.05) is 12.3 Å². The van der Waals surface area contributed by atoms with E-state index in [1.165, 1.54) is 0 Å². The van der Waals surface area contributed by atoms with Crippen molar-refractivity contribution in [1.82, 2.24) is 24.5 Å². The molecule has 0 bridgehead atoms. The Bertz CT molecular complexity index is 868. The smallest absolute Gasteiger partial charge is 0.168 e. The van der Waals surface area contributed by atoms with Crippen LogP contribution < -0.4 is 5.73 Å². The minimum absolute atomic E-state index is 0.248. The van der Waals surface area contributed by atoms with Crippen LogP contribution in [0.3, 0.4) is 0 Å². The van der Waals surface area contributed by atoms with E-state index in [1.54, 1.807) is 29.4 Å². The highest BCUT2D eigenvalue weighted by atomic mass is 16.5. The lowest BCUT2D eigenvalue weighted by Crippen LogP contribution is -2.24. The van der Waals surface area contributed by atoms with Crippen molar-refractivity contribution in [2.24, 2.45) is 0 Å². The van der Waals surface area contributed by atoms with Gasteiger partial charge in [0.1, 0.15) is 17.8 Å². The van der Waals surface area contributed by atoms with Crippen LogP contribution in [0.4, 0.5) is 5.82 Å². The monoisotopic (exact) mass is 328 g/mol. The Labute approximate surface area is 136 Å². The summed E-state index contributed by atoms with van der Waals surface area (Å²) in [5.41, 5.74) is 7.72. The van der Waals surface area contributed by atoms with E-state index in [4.69, 9.17) is 10.5 Å². The van der Waals surface area contributed by atoms with Gasteiger partial charge in [-0.25, -0.2) is 15.0 Å². The molecule has 3 atom stereocenters. The number of hydrogen-bond acceptors (Lipinski definition) is 8. The van der Waals surface area contributed by atoms with E-state index < -0.39 is 18.4 Å². The van der Waals surface area contributed by atoms with Gasteiger partial charge < -0.3 is 20.7 Å². The number of hydrogen-bond donors (Lipinski definition) is 3. The van der Waals surface area contributed by atoms with Crippen LogP contribution in [-0.2, 0) is 4.74 Å². The molecule has 1 fully saturated rings. The number of ether oxygens (including phenoxy) is 1. The summed E-state index contributed by atoms with van der Waals surface area (Å²) in [6, 6.07) is 3.63. The highest BCUT2D eigenvalue weighted by Gasteiger charge is 2.35. The van der Waals surface area contributed by atoms with Crippen LogP contribution in [0.15, 0.2) is 30.9 Å². The van der Waals surface area contributed by atoms with Crippen molar-refractivity contribution in [2.45, 2.75) is 24.9 Å². The van der Waals surface area contributed by atoms with E-state index in [0.717, 1.165) is 5.56 Å². The summed E-state index contributed by atoms with van der Waals surface area (Å²) in [6.45, 7) is -0.248. The summed E-state index contributed by atoms with van der Waals surface area (Å²) in [5.74, 6) is 0.696. The zero-order chi connectivity index (χ0) is 16.7. The Morgan fingerprint density at radius 1 is 1.38 bits per heavy atom. The topological polar surface area (TPSA) is 132 Å². The molecule has 9 nitrogen and oxygen atoms in total. The first-order chi connectivity index (χ1) is 11.7. The molecule has 1 aliphatic heterocycles. The summed E-state index contributed by atoms with van der Waals surface area (Å²) < 4.78 is 7.37. The fourth-order valence-corrected chi connectivity index (χ4v) is 2.82. The molecule has 24 heavy (non-hydrogen) atoms. The molecule has 0 saturated carbocycles. The molecular formula is C15H16N6O3. The molecule has 1 saturated heterocycles. The number of nitrogens with zero attached hydrogens (tertiary/aromatic N) is 5. The Morgan fingerprint density at radius 3 is 2.96 bits per heavy atom. The van der Waals surface area contributed by atoms with Crippen LogP contribution >= 0.6 is 0 Å². The maximum atomic E-state index is 9.93. The van der Waals surface area contributed by atoms with Crippen molar-refractivity contribution >= 4 is 17.0 Å². The van der Waals surface area contributed by atoms with E-state index in [1.807, 2.05) is 6.07 Å². The Balaban J connectivity index is 1.79. The third-order valence-electron chi connectivity index (χ3n) is 4.06. The van der Waals surface area contributed by atoms with Gasteiger partial charge in [0.25, 0.3) is 0 Å². The second-order valence-corrected chi connectivity index (χ2v) is 5.61. The molecule has 0 unspecified atom stereocenters. The summed E-state index contributed by atoms with van der Waals surface area (Å²) in [4.78, 5) is 17.1.